The van der Waals surface area contributed by atoms with Crippen LogP contribution in [0.25, 0.3) is 10.9 Å². The summed E-state index contributed by atoms with van der Waals surface area (Å²) >= 11 is 0. The van der Waals surface area contributed by atoms with E-state index in [9.17, 15) is 9.59 Å². The number of amides is 1. The van der Waals surface area contributed by atoms with E-state index in [1.165, 1.54) is 0 Å². The predicted octanol–water partition coefficient (Wildman–Crippen LogP) is 4.13. The zero-order chi connectivity index (χ0) is 22.7. The van der Waals surface area contributed by atoms with Crippen molar-refractivity contribution < 1.29 is 14.3 Å². The monoisotopic (exact) mass is 432 g/mol. The van der Waals surface area contributed by atoms with Crippen LogP contribution in [-0.4, -0.2) is 50.0 Å². The Balaban J connectivity index is 1.36. The largest absolute Gasteiger partial charge is 0.483 e. The number of pyridine rings is 1. The second kappa shape index (κ2) is 7.15. The molecule has 4 heterocycles. The maximum absolute atomic E-state index is 13.4. The summed E-state index contributed by atoms with van der Waals surface area (Å²) in [5, 5.41) is 5.34. The number of hydrogen-bond acceptors (Lipinski definition) is 5. The van der Waals surface area contributed by atoms with E-state index < -0.39 is 5.60 Å². The van der Waals surface area contributed by atoms with E-state index in [1.807, 2.05) is 69.1 Å². The number of likely N-dealkylation sites (tertiary alicyclic amines) is 1. The van der Waals surface area contributed by atoms with Gasteiger partial charge < -0.3 is 9.64 Å². The Morgan fingerprint density at radius 3 is 2.59 bits per heavy atom. The second-order valence-electron chi connectivity index (χ2n) is 9.96. The van der Waals surface area contributed by atoms with Gasteiger partial charge >= 0.3 is 0 Å². The number of fused-ring (bicyclic) bond motifs is 2. The molecule has 3 aromatic rings. The summed E-state index contributed by atoms with van der Waals surface area (Å²) in [6, 6.07) is 9.60. The molecule has 1 spiro atoms. The summed E-state index contributed by atoms with van der Waals surface area (Å²) in [4.78, 5) is 32.7. The lowest BCUT2D eigenvalue weighted by molar-refractivity contribution is -0.00581. The molecule has 7 heteroatoms. The minimum atomic E-state index is -0.567. The Kier molecular flexibility index (Phi) is 4.62. The number of hydrogen-bond donors (Lipinski definition) is 0. The summed E-state index contributed by atoms with van der Waals surface area (Å²) in [6.07, 6.45) is 3.37. The van der Waals surface area contributed by atoms with Gasteiger partial charge in [0.1, 0.15) is 5.60 Å². The Labute approximate surface area is 187 Å². The second-order valence-corrected chi connectivity index (χ2v) is 9.96. The van der Waals surface area contributed by atoms with Crippen molar-refractivity contribution in [2.75, 3.05) is 13.1 Å². The first kappa shape index (κ1) is 20.7. The summed E-state index contributed by atoms with van der Waals surface area (Å²) in [5.41, 5.74) is 1.96. The minimum Gasteiger partial charge on any atom is -0.483 e. The molecular formula is C25H28N4O3. The number of carbonyl (C=O) groups is 2. The third kappa shape index (κ3) is 3.45. The maximum atomic E-state index is 13.4. The smallest absolute Gasteiger partial charge is 0.254 e. The fourth-order valence-electron chi connectivity index (χ4n) is 4.67. The number of benzene rings is 1. The van der Waals surface area contributed by atoms with Crippen molar-refractivity contribution >= 4 is 22.6 Å². The highest BCUT2D eigenvalue weighted by Gasteiger charge is 2.45. The van der Waals surface area contributed by atoms with Gasteiger partial charge in [-0.05, 0) is 39.8 Å². The van der Waals surface area contributed by atoms with Crippen LogP contribution in [0.1, 0.15) is 66.6 Å². The summed E-state index contributed by atoms with van der Waals surface area (Å²) < 4.78 is 8.17. The Hall–Kier alpha value is -3.22. The highest BCUT2D eigenvalue weighted by atomic mass is 16.5. The molecule has 2 aliphatic rings. The average Bonchev–Trinajstić information content (AvgIpc) is 3.18. The molecule has 166 valence electrons. The number of nitrogens with zero attached hydrogens (tertiary/aromatic N) is 4. The first-order chi connectivity index (χ1) is 15.2. The number of Topliss-reactive ketones (excluding diaryl/α,β-unsaturated/α-hetero) is 1. The van der Waals surface area contributed by atoms with Crippen LogP contribution in [0.2, 0.25) is 0 Å². The molecule has 0 bridgehead atoms. The molecule has 1 fully saturated rings. The standard InChI is InChI=1S/C25H28N4O3/c1-16-13-18(17-7-5-6-8-19(17)26-16)23(31)28-11-9-25(10-12-28)14-20(30)22-21(32-25)15-29(27-22)24(2,3)4/h5-8,13,15H,9-12,14H2,1-4H3. The average molecular weight is 433 g/mol. The van der Waals surface area contributed by atoms with E-state index in [0.29, 0.717) is 49.4 Å². The lowest BCUT2D eigenvalue weighted by Crippen LogP contribution is -2.52. The first-order valence-corrected chi connectivity index (χ1v) is 11.1. The molecule has 0 saturated carbocycles. The SMILES string of the molecule is Cc1cc(C(=O)N2CCC3(CC2)CC(=O)c2nn(C(C)(C)C)cc2O3)c2ccccc2n1. The van der Waals surface area contributed by atoms with Gasteiger partial charge in [0.05, 0.1) is 29.2 Å². The number of ether oxygens (including phenoxy) is 1. The van der Waals surface area contributed by atoms with Gasteiger partial charge in [0.2, 0.25) is 0 Å². The molecule has 0 atom stereocenters. The maximum Gasteiger partial charge on any atom is 0.254 e. The van der Waals surface area contributed by atoms with E-state index in [2.05, 4.69) is 10.1 Å². The number of carbonyl (C=O) groups excluding carboxylic acids is 2. The van der Waals surface area contributed by atoms with Crippen LogP contribution in [0.4, 0.5) is 0 Å². The van der Waals surface area contributed by atoms with E-state index in [1.54, 1.807) is 4.68 Å². The van der Waals surface area contributed by atoms with Crippen LogP contribution >= 0.6 is 0 Å². The highest BCUT2D eigenvalue weighted by Crippen LogP contribution is 2.40. The number of aromatic nitrogens is 3. The van der Waals surface area contributed by atoms with Crippen LogP contribution in [0.15, 0.2) is 36.5 Å². The Bertz CT molecular complexity index is 1230. The molecule has 2 aromatic heterocycles. The van der Waals surface area contributed by atoms with E-state index in [0.717, 1.165) is 16.6 Å². The Morgan fingerprint density at radius 2 is 1.88 bits per heavy atom. The van der Waals surface area contributed by atoms with Crippen molar-refractivity contribution in [3.63, 3.8) is 0 Å². The van der Waals surface area contributed by atoms with Gasteiger partial charge in [0, 0.05) is 37.0 Å². The van der Waals surface area contributed by atoms with Crippen molar-refractivity contribution in [1.29, 1.82) is 0 Å². The molecule has 0 unspecified atom stereocenters. The van der Waals surface area contributed by atoms with Gasteiger partial charge in [-0.1, -0.05) is 18.2 Å². The van der Waals surface area contributed by atoms with Crippen molar-refractivity contribution in [3.05, 3.63) is 53.5 Å². The summed E-state index contributed by atoms with van der Waals surface area (Å²) in [7, 11) is 0. The van der Waals surface area contributed by atoms with Gasteiger partial charge in [-0.2, -0.15) is 5.10 Å². The molecule has 32 heavy (non-hydrogen) atoms. The van der Waals surface area contributed by atoms with Gasteiger partial charge in [0.25, 0.3) is 5.91 Å². The van der Waals surface area contributed by atoms with Crippen LogP contribution < -0.4 is 4.74 Å². The molecule has 7 nitrogen and oxygen atoms in total. The molecule has 5 rings (SSSR count). The number of aryl methyl sites for hydroxylation is 1. The fraction of sp³-hybridized carbons (Fsp3) is 0.440. The summed E-state index contributed by atoms with van der Waals surface area (Å²) in [6.45, 7) is 9.13. The van der Waals surface area contributed by atoms with Crippen molar-refractivity contribution in [2.45, 2.75) is 58.1 Å². The first-order valence-electron chi connectivity index (χ1n) is 11.1. The highest BCUT2D eigenvalue weighted by molar-refractivity contribution is 6.06. The van der Waals surface area contributed by atoms with Crippen molar-refractivity contribution in [3.8, 4) is 5.75 Å². The van der Waals surface area contributed by atoms with Crippen LogP contribution in [0.3, 0.4) is 0 Å². The zero-order valence-electron chi connectivity index (χ0n) is 19.0. The number of para-hydroxylation sites is 1. The quantitative estimate of drug-likeness (QED) is 0.578. The number of rotatable bonds is 1. The lowest BCUT2D eigenvalue weighted by atomic mass is 9.83. The van der Waals surface area contributed by atoms with E-state index >= 15 is 0 Å². The molecule has 0 N–H and O–H groups in total. The van der Waals surface area contributed by atoms with Gasteiger partial charge in [-0.25, -0.2) is 0 Å². The van der Waals surface area contributed by atoms with Gasteiger partial charge in [-0.3, -0.25) is 19.3 Å². The van der Waals surface area contributed by atoms with E-state index in [-0.39, 0.29) is 17.2 Å². The topological polar surface area (TPSA) is 77.3 Å². The predicted molar refractivity (Wildman–Crippen MR) is 121 cm³/mol. The third-order valence-corrected chi connectivity index (χ3v) is 6.48. The van der Waals surface area contributed by atoms with Crippen LogP contribution in [-0.2, 0) is 5.54 Å². The van der Waals surface area contributed by atoms with Crippen LogP contribution in [0.5, 0.6) is 5.75 Å². The Morgan fingerprint density at radius 1 is 1.16 bits per heavy atom. The molecule has 0 radical (unpaired) electrons. The molecule has 1 saturated heterocycles. The van der Waals surface area contributed by atoms with Gasteiger partial charge in [0.15, 0.2) is 17.2 Å². The summed E-state index contributed by atoms with van der Waals surface area (Å²) in [5.74, 6) is 0.585. The van der Waals surface area contributed by atoms with Crippen LogP contribution in [0, 0.1) is 6.92 Å². The molecule has 1 amide bonds. The molecular weight excluding hydrogens is 404 g/mol. The number of piperidine rings is 1. The van der Waals surface area contributed by atoms with E-state index in [4.69, 9.17) is 4.74 Å². The van der Waals surface area contributed by atoms with Crippen molar-refractivity contribution in [2.24, 2.45) is 0 Å². The van der Waals surface area contributed by atoms with Gasteiger partial charge in [-0.15, -0.1) is 0 Å². The number of ketones is 1. The fourth-order valence-corrected chi connectivity index (χ4v) is 4.67. The molecule has 0 aliphatic carbocycles. The molecule has 1 aromatic carbocycles. The normalized spacial score (nSPS) is 18.0. The molecule has 2 aliphatic heterocycles. The minimum absolute atomic E-state index is 0.00456. The zero-order valence-corrected chi connectivity index (χ0v) is 19.0. The third-order valence-electron chi connectivity index (χ3n) is 6.48. The lowest BCUT2D eigenvalue weighted by Gasteiger charge is -2.43. The van der Waals surface area contributed by atoms with Crippen molar-refractivity contribution in [1.82, 2.24) is 19.7 Å².